The highest BCUT2D eigenvalue weighted by Crippen LogP contribution is 2.28. The third-order valence-corrected chi connectivity index (χ3v) is 4.46. The van der Waals surface area contributed by atoms with Crippen LogP contribution in [-0.2, 0) is 0 Å². The summed E-state index contributed by atoms with van der Waals surface area (Å²) in [4.78, 5) is 2.62. The molecule has 2 aromatic rings. The molecule has 23 heavy (non-hydrogen) atoms. The summed E-state index contributed by atoms with van der Waals surface area (Å²) in [7, 11) is 0. The van der Waals surface area contributed by atoms with E-state index in [1.807, 2.05) is 0 Å². The average Bonchev–Trinajstić information content (AvgIpc) is 2.56. The summed E-state index contributed by atoms with van der Waals surface area (Å²) in [6.07, 6.45) is 3.66. The zero-order valence-corrected chi connectivity index (χ0v) is 15.0. The molecule has 0 saturated heterocycles. The van der Waals surface area contributed by atoms with Crippen molar-refractivity contribution in [3.8, 4) is 0 Å². The van der Waals surface area contributed by atoms with E-state index in [1.54, 1.807) is 0 Å². The monoisotopic (exact) mass is 309 g/mol. The molecule has 0 aromatic heterocycles. The first-order valence-corrected chi connectivity index (χ1v) is 9.08. The van der Waals surface area contributed by atoms with Gasteiger partial charge in [0.1, 0.15) is 0 Å². The van der Waals surface area contributed by atoms with E-state index in [9.17, 15) is 0 Å². The molecule has 0 N–H and O–H groups in total. The number of rotatable bonds is 9. The third-order valence-electron chi connectivity index (χ3n) is 4.46. The van der Waals surface area contributed by atoms with Gasteiger partial charge in [0.2, 0.25) is 0 Å². The van der Waals surface area contributed by atoms with E-state index in [1.165, 1.54) is 55.6 Å². The lowest BCUT2D eigenvalue weighted by Crippen LogP contribution is -2.27. The van der Waals surface area contributed by atoms with Crippen LogP contribution in [0.2, 0.25) is 0 Å². The second kappa shape index (κ2) is 9.52. The molecule has 2 rings (SSSR count). The minimum Gasteiger partial charge on any atom is -0.303 e. The summed E-state index contributed by atoms with van der Waals surface area (Å²) in [5, 5.41) is 0. The first kappa shape index (κ1) is 17.7. The van der Waals surface area contributed by atoms with E-state index >= 15 is 0 Å². The zero-order chi connectivity index (χ0) is 16.5. The van der Waals surface area contributed by atoms with Crippen LogP contribution in [0, 0.1) is 6.92 Å². The summed E-state index contributed by atoms with van der Waals surface area (Å²) in [5.41, 5.74) is 4.23. The van der Waals surface area contributed by atoms with Crippen molar-refractivity contribution in [2.24, 2.45) is 0 Å². The number of benzene rings is 2. The van der Waals surface area contributed by atoms with Crippen molar-refractivity contribution in [3.05, 3.63) is 71.3 Å². The summed E-state index contributed by atoms with van der Waals surface area (Å²) >= 11 is 0. The van der Waals surface area contributed by atoms with Crippen LogP contribution in [0.5, 0.6) is 0 Å². The Morgan fingerprint density at radius 2 is 1.43 bits per heavy atom. The van der Waals surface area contributed by atoms with E-state index in [2.05, 4.69) is 80.3 Å². The molecular weight excluding hydrogens is 278 g/mol. The van der Waals surface area contributed by atoms with E-state index in [4.69, 9.17) is 0 Å². The maximum absolute atomic E-state index is 2.62. The lowest BCUT2D eigenvalue weighted by Gasteiger charge is -2.25. The van der Waals surface area contributed by atoms with Gasteiger partial charge in [-0.05, 0) is 56.9 Å². The fraction of sp³-hybridized carbons (Fsp3) is 0.455. The van der Waals surface area contributed by atoms with Gasteiger partial charge in [0, 0.05) is 5.92 Å². The van der Waals surface area contributed by atoms with E-state index in [0.717, 1.165) is 0 Å². The van der Waals surface area contributed by atoms with Gasteiger partial charge in [0.25, 0.3) is 0 Å². The predicted molar refractivity (Wildman–Crippen MR) is 101 cm³/mol. The van der Waals surface area contributed by atoms with Crippen LogP contribution < -0.4 is 0 Å². The Morgan fingerprint density at radius 1 is 0.783 bits per heavy atom. The molecule has 0 heterocycles. The molecule has 0 aliphatic rings. The van der Waals surface area contributed by atoms with Gasteiger partial charge in [0.15, 0.2) is 0 Å². The second-order valence-electron chi connectivity index (χ2n) is 6.51. The van der Waals surface area contributed by atoms with Gasteiger partial charge < -0.3 is 4.90 Å². The summed E-state index contributed by atoms with van der Waals surface area (Å²) in [6, 6.07) is 20.0. The molecule has 1 atom stereocenters. The van der Waals surface area contributed by atoms with Gasteiger partial charge in [-0.1, -0.05) is 74.0 Å². The van der Waals surface area contributed by atoms with Crippen LogP contribution in [-0.4, -0.2) is 24.5 Å². The van der Waals surface area contributed by atoms with Gasteiger partial charge in [-0.3, -0.25) is 0 Å². The minimum atomic E-state index is 0.493. The highest BCUT2D eigenvalue weighted by molar-refractivity contribution is 5.34. The molecule has 1 nitrogen and oxygen atoms in total. The molecule has 0 amide bonds. The highest BCUT2D eigenvalue weighted by Gasteiger charge is 2.15. The topological polar surface area (TPSA) is 3.24 Å². The smallest absolute Gasteiger partial charge is 0.0102 e. The Bertz CT molecular complexity index is 555. The van der Waals surface area contributed by atoms with Crippen molar-refractivity contribution in [3.63, 3.8) is 0 Å². The Kier molecular flexibility index (Phi) is 7.35. The first-order chi connectivity index (χ1) is 11.2. The molecule has 124 valence electrons. The molecular formula is C22H31N. The fourth-order valence-electron chi connectivity index (χ4n) is 3.38. The predicted octanol–water partition coefficient (Wildman–Crippen LogP) is 5.64. The van der Waals surface area contributed by atoms with Crippen LogP contribution >= 0.6 is 0 Å². The Morgan fingerprint density at radius 3 is 2.04 bits per heavy atom. The van der Waals surface area contributed by atoms with Gasteiger partial charge >= 0.3 is 0 Å². The Hall–Kier alpha value is -1.60. The van der Waals surface area contributed by atoms with Crippen molar-refractivity contribution in [1.82, 2.24) is 4.90 Å². The quantitative estimate of drug-likeness (QED) is 0.579. The van der Waals surface area contributed by atoms with Crippen LogP contribution in [0.15, 0.2) is 54.6 Å². The molecule has 0 spiro atoms. The van der Waals surface area contributed by atoms with Gasteiger partial charge in [-0.25, -0.2) is 0 Å². The van der Waals surface area contributed by atoms with Crippen LogP contribution in [0.4, 0.5) is 0 Å². The summed E-state index contributed by atoms with van der Waals surface area (Å²) in [6.45, 7) is 10.3. The molecule has 0 fully saturated rings. The molecule has 2 aromatic carbocycles. The number of nitrogens with zero attached hydrogens (tertiary/aromatic N) is 1. The fourth-order valence-corrected chi connectivity index (χ4v) is 3.38. The highest BCUT2D eigenvalue weighted by atomic mass is 15.1. The zero-order valence-electron chi connectivity index (χ0n) is 15.0. The lowest BCUT2D eigenvalue weighted by atomic mass is 9.87. The molecule has 0 aliphatic heterocycles. The van der Waals surface area contributed by atoms with Crippen LogP contribution in [0.3, 0.4) is 0 Å². The number of hydrogen-bond acceptors (Lipinski definition) is 1. The first-order valence-electron chi connectivity index (χ1n) is 9.08. The largest absolute Gasteiger partial charge is 0.303 e. The SMILES string of the molecule is CCCN(CCC)CC[C@@H](c1ccccc1)c1cccc(C)c1. The van der Waals surface area contributed by atoms with Crippen LogP contribution in [0.1, 0.15) is 55.7 Å². The van der Waals surface area contributed by atoms with Crippen molar-refractivity contribution >= 4 is 0 Å². The van der Waals surface area contributed by atoms with Gasteiger partial charge in [-0.2, -0.15) is 0 Å². The number of hydrogen-bond donors (Lipinski definition) is 0. The van der Waals surface area contributed by atoms with E-state index in [-0.39, 0.29) is 0 Å². The summed E-state index contributed by atoms with van der Waals surface area (Å²) < 4.78 is 0. The van der Waals surface area contributed by atoms with Gasteiger partial charge in [-0.15, -0.1) is 0 Å². The molecule has 1 heteroatoms. The van der Waals surface area contributed by atoms with Crippen molar-refractivity contribution < 1.29 is 0 Å². The Balaban J connectivity index is 2.17. The third kappa shape index (κ3) is 5.51. The number of aryl methyl sites for hydroxylation is 1. The molecule has 0 bridgehead atoms. The Labute approximate surface area is 142 Å². The van der Waals surface area contributed by atoms with Crippen LogP contribution in [0.25, 0.3) is 0 Å². The molecule has 0 aliphatic carbocycles. The van der Waals surface area contributed by atoms with Crippen molar-refractivity contribution in [2.45, 2.75) is 46.0 Å². The van der Waals surface area contributed by atoms with E-state index in [0.29, 0.717) is 5.92 Å². The second-order valence-corrected chi connectivity index (χ2v) is 6.51. The van der Waals surface area contributed by atoms with Crippen molar-refractivity contribution in [2.75, 3.05) is 19.6 Å². The normalized spacial score (nSPS) is 12.5. The molecule has 0 unspecified atom stereocenters. The maximum Gasteiger partial charge on any atom is 0.0102 e. The lowest BCUT2D eigenvalue weighted by molar-refractivity contribution is 0.267. The molecule has 0 radical (unpaired) electrons. The maximum atomic E-state index is 2.62. The van der Waals surface area contributed by atoms with Gasteiger partial charge in [0.05, 0.1) is 0 Å². The summed E-state index contributed by atoms with van der Waals surface area (Å²) in [5.74, 6) is 0.493. The standard InChI is InChI=1S/C22H31N/c1-4-15-23(16-5-2)17-14-22(20-11-7-6-8-12-20)21-13-9-10-19(3)18-21/h6-13,18,22H,4-5,14-17H2,1-3H3/t22-/m0/s1. The molecule has 0 saturated carbocycles. The van der Waals surface area contributed by atoms with Crippen molar-refractivity contribution in [1.29, 1.82) is 0 Å². The minimum absolute atomic E-state index is 0.493. The van der Waals surface area contributed by atoms with E-state index < -0.39 is 0 Å². The average molecular weight is 309 g/mol.